The summed E-state index contributed by atoms with van der Waals surface area (Å²) in [6.45, 7) is 2.14. The third-order valence-corrected chi connectivity index (χ3v) is 5.37. The van der Waals surface area contributed by atoms with E-state index in [1.54, 1.807) is 4.90 Å². The molecule has 0 unspecified atom stereocenters. The Bertz CT molecular complexity index is 1060. The average Bonchev–Trinajstić information content (AvgIpc) is 2.74. The third kappa shape index (κ3) is 3.72. The minimum atomic E-state index is -0.510. The van der Waals surface area contributed by atoms with Gasteiger partial charge in [-0.3, -0.25) is 18.7 Å². The second-order valence-corrected chi connectivity index (χ2v) is 7.36. The predicted molar refractivity (Wildman–Crippen MR) is 107 cm³/mol. The van der Waals surface area contributed by atoms with E-state index < -0.39 is 11.2 Å². The number of benzene rings is 1. The molecule has 9 nitrogen and oxygen atoms in total. The maximum atomic E-state index is 13.0. The number of rotatable bonds is 3. The van der Waals surface area contributed by atoms with E-state index in [0.717, 1.165) is 28.8 Å². The Hall–Kier alpha value is -3.23. The maximum Gasteiger partial charge on any atom is 0.331 e. The molecule has 154 valence electrons. The highest BCUT2D eigenvalue weighted by Gasteiger charge is 2.27. The SMILES string of the molecule is Cn1c(C(=O)N2CCC[C@@H](Nc3ccc4c(c3)OCCO4)C2)cc(=O)n(C)c1=O. The van der Waals surface area contributed by atoms with Crippen LogP contribution < -0.4 is 26.0 Å². The Balaban J connectivity index is 1.49. The van der Waals surface area contributed by atoms with E-state index in [4.69, 9.17) is 9.47 Å². The lowest BCUT2D eigenvalue weighted by Crippen LogP contribution is -2.48. The summed E-state index contributed by atoms with van der Waals surface area (Å²) < 4.78 is 13.4. The molecule has 0 aliphatic carbocycles. The van der Waals surface area contributed by atoms with Crippen molar-refractivity contribution in [1.82, 2.24) is 14.0 Å². The molecule has 0 saturated carbocycles. The molecule has 9 heteroatoms. The number of anilines is 1. The summed E-state index contributed by atoms with van der Waals surface area (Å²) >= 11 is 0. The van der Waals surface area contributed by atoms with Crippen LogP contribution in [0.25, 0.3) is 0 Å². The molecule has 0 radical (unpaired) electrons. The Labute approximate surface area is 167 Å². The van der Waals surface area contributed by atoms with Crippen molar-refractivity contribution in [3.8, 4) is 11.5 Å². The highest BCUT2D eigenvalue weighted by Crippen LogP contribution is 2.33. The third-order valence-electron chi connectivity index (χ3n) is 5.37. The normalized spacial score (nSPS) is 18.4. The monoisotopic (exact) mass is 400 g/mol. The van der Waals surface area contributed by atoms with E-state index in [2.05, 4.69) is 5.32 Å². The van der Waals surface area contributed by atoms with Crippen molar-refractivity contribution in [3.05, 3.63) is 50.8 Å². The smallest absolute Gasteiger partial charge is 0.331 e. The first-order chi connectivity index (χ1) is 13.9. The van der Waals surface area contributed by atoms with Crippen LogP contribution in [0.2, 0.25) is 0 Å². The van der Waals surface area contributed by atoms with Gasteiger partial charge in [0.2, 0.25) is 0 Å². The second-order valence-electron chi connectivity index (χ2n) is 7.36. The average molecular weight is 400 g/mol. The summed E-state index contributed by atoms with van der Waals surface area (Å²) in [5, 5.41) is 3.45. The van der Waals surface area contributed by atoms with Crippen LogP contribution in [0, 0.1) is 0 Å². The highest BCUT2D eigenvalue weighted by molar-refractivity contribution is 5.92. The summed E-state index contributed by atoms with van der Waals surface area (Å²) in [4.78, 5) is 38.8. The van der Waals surface area contributed by atoms with Crippen LogP contribution in [0.1, 0.15) is 23.3 Å². The number of nitrogens with zero attached hydrogens (tertiary/aromatic N) is 3. The van der Waals surface area contributed by atoms with Crippen molar-refractivity contribution >= 4 is 11.6 Å². The minimum absolute atomic E-state index is 0.0545. The molecule has 1 fully saturated rings. The highest BCUT2D eigenvalue weighted by atomic mass is 16.6. The fourth-order valence-electron chi connectivity index (χ4n) is 3.75. The summed E-state index contributed by atoms with van der Waals surface area (Å²) in [6, 6.07) is 6.98. The van der Waals surface area contributed by atoms with Crippen LogP contribution >= 0.6 is 0 Å². The molecule has 1 atom stereocenters. The van der Waals surface area contributed by atoms with Gasteiger partial charge in [0.25, 0.3) is 11.5 Å². The molecule has 1 saturated heterocycles. The Morgan fingerprint density at radius 3 is 2.62 bits per heavy atom. The van der Waals surface area contributed by atoms with Crippen LogP contribution in [-0.4, -0.2) is 52.3 Å². The Kier molecular flexibility index (Phi) is 5.04. The molecular weight excluding hydrogens is 376 g/mol. The zero-order valence-electron chi connectivity index (χ0n) is 16.5. The van der Waals surface area contributed by atoms with Gasteiger partial charge >= 0.3 is 5.69 Å². The van der Waals surface area contributed by atoms with Gasteiger partial charge in [-0.25, -0.2) is 4.79 Å². The van der Waals surface area contributed by atoms with E-state index in [-0.39, 0.29) is 17.6 Å². The van der Waals surface area contributed by atoms with Gasteiger partial charge in [-0.1, -0.05) is 0 Å². The van der Waals surface area contributed by atoms with Crippen molar-refractivity contribution in [2.24, 2.45) is 14.1 Å². The number of aromatic nitrogens is 2. The molecular formula is C20H24N4O5. The Morgan fingerprint density at radius 2 is 1.83 bits per heavy atom. The molecule has 2 aromatic rings. The van der Waals surface area contributed by atoms with E-state index in [1.165, 1.54) is 24.7 Å². The number of carbonyl (C=O) groups is 1. The predicted octanol–water partition coefficient (Wildman–Crippen LogP) is 0.572. The standard InChI is InChI=1S/C20H24N4O5/c1-22-15(11-18(25)23(2)20(22)27)19(26)24-7-3-4-14(12-24)21-13-5-6-16-17(10-13)29-9-8-28-16/h5-6,10-11,14,21H,3-4,7-9,12H2,1-2H3/t14-/m1/s1. The van der Waals surface area contributed by atoms with E-state index in [0.29, 0.717) is 32.1 Å². The minimum Gasteiger partial charge on any atom is -0.486 e. The van der Waals surface area contributed by atoms with E-state index >= 15 is 0 Å². The molecule has 4 rings (SSSR count). The molecule has 29 heavy (non-hydrogen) atoms. The van der Waals surface area contributed by atoms with Gasteiger partial charge in [-0.15, -0.1) is 0 Å². The first kappa shape index (κ1) is 19.1. The van der Waals surface area contributed by atoms with Crippen LogP contribution in [0.3, 0.4) is 0 Å². The summed E-state index contributed by atoms with van der Waals surface area (Å²) in [7, 11) is 2.90. The molecule has 2 aliphatic heterocycles. The van der Waals surface area contributed by atoms with Crippen LogP contribution in [0.4, 0.5) is 5.69 Å². The van der Waals surface area contributed by atoms with Gasteiger partial charge in [0.05, 0.1) is 0 Å². The van der Waals surface area contributed by atoms with Crippen molar-refractivity contribution in [3.63, 3.8) is 0 Å². The fourth-order valence-corrected chi connectivity index (χ4v) is 3.75. The zero-order chi connectivity index (χ0) is 20.5. The zero-order valence-corrected chi connectivity index (χ0v) is 16.5. The molecule has 0 spiro atoms. The van der Waals surface area contributed by atoms with Gasteiger partial charge in [-0.05, 0) is 25.0 Å². The first-order valence-corrected chi connectivity index (χ1v) is 9.66. The van der Waals surface area contributed by atoms with Crippen LogP contribution in [0.15, 0.2) is 33.9 Å². The molecule has 1 aromatic heterocycles. The van der Waals surface area contributed by atoms with E-state index in [9.17, 15) is 14.4 Å². The number of piperidine rings is 1. The molecule has 1 N–H and O–H groups in total. The number of hydrogen-bond acceptors (Lipinski definition) is 6. The van der Waals surface area contributed by atoms with Gasteiger partial charge < -0.3 is 19.7 Å². The summed E-state index contributed by atoms with van der Waals surface area (Å²) in [6.07, 6.45) is 1.74. The van der Waals surface area contributed by atoms with Crippen LogP contribution in [-0.2, 0) is 14.1 Å². The number of likely N-dealkylation sites (tertiary alicyclic amines) is 1. The first-order valence-electron chi connectivity index (χ1n) is 9.66. The number of hydrogen-bond donors (Lipinski definition) is 1. The molecule has 1 aromatic carbocycles. The number of amides is 1. The van der Waals surface area contributed by atoms with Crippen LogP contribution in [0.5, 0.6) is 11.5 Å². The lowest BCUT2D eigenvalue weighted by atomic mass is 10.0. The number of ether oxygens (including phenoxy) is 2. The van der Waals surface area contributed by atoms with Crippen molar-refractivity contribution in [2.75, 3.05) is 31.6 Å². The number of carbonyl (C=O) groups excluding carboxylic acids is 1. The molecule has 0 bridgehead atoms. The molecule has 1 amide bonds. The number of fused-ring (bicyclic) bond motifs is 1. The number of nitrogens with one attached hydrogen (secondary N) is 1. The van der Waals surface area contributed by atoms with E-state index in [1.807, 2.05) is 18.2 Å². The topological polar surface area (TPSA) is 94.8 Å². The van der Waals surface area contributed by atoms with Crippen molar-refractivity contribution < 1.29 is 14.3 Å². The lowest BCUT2D eigenvalue weighted by Gasteiger charge is -2.34. The molecule has 2 aliphatic rings. The largest absolute Gasteiger partial charge is 0.486 e. The van der Waals surface area contributed by atoms with Gasteiger partial charge in [0.1, 0.15) is 18.9 Å². The fraction of sp³-hybridized carbons (Fsp3) is 0.450. The lowest BCUT2D eigenvalue weighted by molar-refractivity contribution is 0.0702. The van der Waals surface area contributed by atoms with Gasteiger partial charge in [0, 0.05) is 51.0 Å². The second kappa shape index (κ2) is 7.65. The quantitative estimate of drug-likeness (QED) is 0.810. The van der Waals surface area contributed by atoms with Gasteiger partial charge in [0.15, 0.2) is 11.5 Å². The van der Waals surface area contributed by atoms with Crippen molar-refractivity contribution in [2.45, 2.75) is 18.9 Å². The van der Waals surface area contributed by atoms with Gasteiger partial charge in [-0.2, -0.15) is 0 Å². The Morgan fingerprint density at radius 1 is 1.07 bits per heavy atom. The summed E-state index contributed by atoms with van der Waals surface area (Å²) in [5.41, 5.74) is 0.0100. The maximum absolute atomic E-state index is 13.0. The van der Waals surface area contributed by atoms with Crippen molar-refractivity contribution in [1.29, 1.82) is 0 Å². The molecule has 3 heterocycles. The summed E-state index contributed by atoms with van der Waals surface area (Å²) in [5.74, 6) is 1.13.